The molecule has 0 bridgehead atoms. The number of halogens is 1. The quantitative estimate of drug-likeness (QED) is 0.888. The summed E-state index contributed by atoms with van der Waals surface area (Å²) < 4.78 is 2.93. The first kappa shape index (κ1) is 15.5. The molecule has 0 saturated carbocycles. The SMILES string of the molecule is CCc1nn(C)c(CNCC(=O)N2CCCCC2)c1Br. The Morgan fingerprint density at radius 1 is 1.35 bits per heavy atom. The van der Waals surface area contributed by atoms with Crippen LogP contribution in [0, 0.1) is 0 Å². The number of rotatable bonds is 5. The number of carbonyl (C=O) groups is 1. The van der Waals surface area contributed by atoms with Crippen molar-refractivity contribution in [1.29, 1.82) is 0 Å². The van der Waals surface area contributed by atoms with Gasteiger partial charge in [-0.2, -0.15) is 5.10 Å². The predicted octanol–water partition coefficient (Wildman–Crippen LogP) is 1.85. The highest BCUT2D eigenvalue weighted by Crippen LogP contribution is 2.21. The standard InChI is InChI=1S/C14H23BrN4O/c1-3-11-14(15)12(18(2)17-11)9-16-10-13(20)19-7-5-4-6-8-19/h16H,3-10H2,1-2H3. The van der Waals surface area contributed by atoms with E-state index in [1.165, 1.54) is 6.42 Å². The fourth-order valence-electron chi connectivity index (χ4n) is 2.55. The second-order valence-corrected chi connectivity index (χ2v) is 6.02. The van der Waals surface area contributed by atoms with Crippen molar-refractivity contribution >= 4 is 21.8 Å². The Morgan fingerprint density at radius 3 is 2.65 bits per heavy atom. The molecule has 5 nitrogen and oxygen atoms in total. The summed E-state index contributed by atoms with van der Waals surface area (Å²) in [5.74, 6) is 0.207. The number of piperidine rings is 1. The summed E-state index contributed by atoms with van der Waals surface area (Å²) in [5.41, 5.74) is 2.15. The van der Waals surface area contributed by atoms with Crippen LogP contribution in [0.2, 0.25) is 0 Å². The molecule has 1 aromatic heterocycles. The Bertz CT molecular complexity index is 466. The summed E-state index contributed by atoms with van der Waals surface area (Å²) in [6.45, 7) is 4.97. The predicted molar refractivity (Wildman–Crippen MR) is 82.4 cm³/mol. The molecular formula is C14H23BrN4O. The molecule has 0 spiro atoms. The van der Waals surface area contributed by atoms with Crippen LogP contribution < -0.4 is 5.32 Å². The van der Waals surface area contributed by atoms with Crippen LogP contribution in [-0.4, -0.2) is 40.2 Å². The second kappa shape index (κ2) is 7.22. The summed E-state index contributed by atoms with van der Waals surface area (Å²) in [6.07, 6.45) is 4.43. The summed E-state index contributed by atoms with van der Waals surface area (Å²) in [7, 11) is 1.94. The third-order valence-corrected chi connectivity index (χ3v) is 4.70. The third kappa shape index (κ3) is 3.61. The van der Waals surface area contributed by atoms with Gasteiger partial charge in [0.15, 0.2) is 0 Å². The average Bonchev–Trinajstić information content (AvgIpc) is 2.75. The zero-order chi connectivity index (χ0) is 14.5. The van der Waals surface area contributed by atoms with Crippen LogP contribution in [-0.2, 0) is 24.8 Å². The van der Waals surface area contributed by atoms with Crippen molar-refractivity contribution < 1.29 is 4.79 Å². The van der Waals surface area contributed by atoms with E-state index in [0.717, 1.165) is 48.2 Å². The van der Waals surface area contributed by atoms with Gasteiger partial charge in [-0.25, -0.2) is 0 Å². The Morgan fingerprint density at radius 2 is 2.05 bits per heavy atom. The summed E-state index contributed by atoms with van der Waals surface area (Å²) in [6, 6.07) is 0. The monoisotopic (exact) mass is 342 g/mol. The molecule has 0 atom stereocenters. The van der Waals surface area contributed by atoms with Crippen molar-refractivity contribution in [3.63, 3.8) is 0 Å². The lowest BCUT2D eigenvalue weighted by Gasteiger charge is -2.26. The normalized spacial score (nSPS) is 15.7. The first-order valence-electron chi connectivity index (χ1n) is 7.32. The largest absolute Gasteiger partial charge is 0.342 e. The van der Waals surface area contributed by atoms with Crippen LogP contribution in [0.5, 0.6) is 0 Å². The highest BCUT2D eigenvalue weighted by Gasteiger charge is 2.17. The zero-order valence-corrected chi connectivity index (χ0v) is 13.9. The highest BCUT2D eigenvalue weighted by atomic mass is 79.9. The number of hydrogen-bond acceptors (Lipinski definition) is 3. The fraction of sp³-hybridized carbons (Fsp3) is 0.714. The van der Waals surface area contributed by atoms with E-state index in [2.05, 4.69) is 33.3 Å². The van der Waals surface area contributed by atoms with Crippen molar-refractivity contribution in [3.8, 4) is 0 Å². The molecule has 112 valence electrons. The molecule has 0 unspecified atom stereocenters. The summed E-state index contributed by atoms with van der Waals surface area (Å²) in [4.78, 5) is 14.0. The van der Waals surface area contributed by atoms with E-state index in [-0.39, 0.29) is 5.91 Å². The number of aryl methyl sites for hydroxylation is 2. The molecule has 1 amide bonds. The minimum absolute atomic E-state index is 0.207. The van der Waals surface area contributed by atoms with Crippen molar-refractivity contribution in [1.82, 2.24) is 20.0 Å². The maximum atomic E-state index is 12.0. The molecule has 2 heterocycles. The first-order chi connectivity index (χ1) is 9.63. The van der Waals surface area contributed by atoms with E-state index in [1.807, 2.05) is 16.6 Å². The van der Waals surface area contributed by atoms with Gasteiger partial charge in [0, 0.05) is 26.7 Å². The van der Waals surface area contributed by atoms with Crippen molar-refractivity contribution in [2.45, 2.75) is 39.2 Å². The lowest BCUT2D eigenvalue weighted by Crippen LogP contribution is -2.41. The molecular weight excluding hydrogens is 320 g/mol. The minimum Gasteiger partial charge on any atom is -0.342 e. The maximum absolute atomic E-state index is 12.0. The van der Waals surface area contributed by atoms with Gasteiger partial charge < -0.3 is 10.2 Å². The number of hydrogen-bond donors (Lipinski definition) is 1. The summed E-state index contributed by atoms with van der Waals surface area (Å²) in [5, 5.41) is 7.69. The highest BCUT2D eigenvalue weighted by molar-refractivity contribution is 9.10. The molecule has 0 aromatic carbocycles. The molecule has 1 N–H and O–H groups in total. The van der Waals surface area contributed by atoms with Crippen molar-refractivity contribution in [3.05, 3.63) is 15.9 Å². The molecule has 0 radical (unpaired) electrons. The molecule has 1 aromatic rings. The number of nitrogens with one attached hydrogen (secondary N) is 1. The minimum atomic E-state index is 0.207. The molecule has 2 rings (SSSR count). The number of aromatic nitrogens is 2. The molecule has 1 saturated heterocycles. The van der Waals surface area contributed by atoms with Gasteiger partial charge in [0.25, 0.3) is 0 Å². The van der Waals surface area contributed by atoms with E-state index in [4.69, 9.17) is 0 Å². The molecule has 1 aliphatic rings. The number of nitrogens with zero attached hydrogens (tertiary/aromatic N) is 3. The van der Waals surface area contributed by atoms with Crippen LogP contribution in [0.25, 0.3) is 0 Å². The van der Waals surface area contributed by atoms with Gasteiger partial charge in [0.2, 0.25) is 5.91 Å². The number of amides is 1. The Balaban J connectivity index is 1.83. The van der Waals surface area contributed by atoms with Gasteiger partial charge in [-0.15, -0.1) is 0 Å². The van der Waals surface area contributed by atoms with Crippen LogP contribution in [0.1, 0.15) is 37.6 Å². The second-order valence-electron chi connectivity index (χ2n) is 5.23. The van der Waals surface area contributed by atoms with Gasteiger partial charge in [-0.3, -0.25) is 9.48 Å². The van der Waals surface area contributed by atoms with Crippen LogP contribution in [0.15, 0.2) is 4.47 Å². The van der Waals surface area contributed by atoms with E-state index < -0.39 is 0 Å². The van der Waals surface area contributed by atoms with Gasteiger partial charge in [-0.1, -0.05) is 6.92 Å². The van der Waals surface area contributed by atoms with Crippen LogP contribution in [0.3, 0.4) is 0 Å². The molecule has 0 aliphatic carbocycles. The van der Waals surface area contributed by atoms with E-state index in [0.29, 0.717) is 13.1 Å². The molecule has 1 fully saturated rings. The van der Waals surface area contributed by atoms with Crippen molar-refractivity contribution in [2.24, 2.45) is 7.05 Å². The van der Waals surface area contributed by atoms with Gasteiger partial charge in [0.1, 0.15) is 0 Å². The average molecular weight is 343 g/mol. The Labute approximate surface area is 128 Å². The van der Waals surface area contributed by atoms with E-state index >= 15 is 0 Å². The zero-order valence-electron chi connectivity index (χ0n) is 12.3. The van der Waals surface area contributed by atoms with Crippen LogP contribution in [0.4, 0.5) is 0 Å². The third-order valence-electron chi connectivity index (χ3n) is 3.78. The maximum Gasteiger partial charge on any atom is 0.236 e. The summed E-state index contributed by atoms with van der Waals surface area (Å²) >= 11 is 3.59. The van der Waals surface area contributed by atoms with Crippen LogP contribution >= 0.6 is 15.9 Å². The molecule has 1 aliphatic heterocycles. The number of carbonyl (C=O) groups excluding carboxylic acids is 1. The number of likely N-dealkylation sites (tertiary alicyclic amines) is 1. The molecule has 20 heavy (non-hydrogen) atoms. The van der Waals surface area contributed by atoms with Crippen molar-refractivity contribution in [2.75, 3.05) is 19.6 Å². The smallest absolute Gasteiger partial charge is 0.236 e. The first-order valence-corrected chi connectivity index (χ1v) is 8.11. The topological polar surface area (TPSA) is 50.2 Å². The lowest BCUT2D eigenvalue weighted by molar-refractivity contribution is -0.131. The van der Waals surface area contributed by atoms with E-state index in [9.17, 15) is 4.79 Å². The fourth-order valence-corrected chi connectivity index (χ4v) is 3.31. The van der Waals surface area contributed by atoms with Gasteiger partial charge >= 0.3 is 0 Å². The Kier molecular flexibility index (Phi) is 5.60. The lowest BCUT2D eigenvalue weighted by atomic mass is 10.1. The van der Waals surface area contributed by atoms with E-state index in [1.54, 1.807) is 0 Å². The Hall–Kier alpha value is -0.880. The van der Waals surface area contributed by atoms with Gasteiger partial charge in [0.05, 0.1) is 22.4 Å². The van der Waals surface area contributed by atoms with Gasteiger partial charge in [-0.05, 0) is 41.6 Å². The molecule has 6 heteroatoms.